The van der Waals surface area contributed by atoms with Gasteiger partial charge >= 0.3 is 0 Å². The molecule has 0 spiro atoms. The van der Waals surface area contributed by atoms with Crippen LogP contribution < -0.4 is 5.73 Å². The van der Waals surface area contributed by atoms with Gasteiger partial charge < -0.3 is 10.5 Å². The van der Waals surface area contributed by atoms with E-state index in [1.165, 1.54) is 0 Å². The number of ketones is 1. The van der Waals surface area contributed by atoms with Crippen molar-refractivity contribution in [2.75, 3.05) is 19.8 Å². The van der Waals surface area contributed by atoms with Gasteiger partial charge in [0.15, 0.2) is 0 Å². The summed E-state index contributed by atoms with van der Waals surface area (Å²) in [7, 11) is 0. The van der Waals surface area contributed by atoms with Gasteiger partial charge in [-0.25, -0.2) is 0 Å². The van der Waals surface area contributed by atoms with Crippen molar-refractivity contribution >= 4 is 5.78 Å². The molecule has 3 nitrogen and oxygen atoms in total. The lowest BCUT2D eigenvalue weighted by atomic mass is 10.3. The van der Waals surface area contributed by atoms with E-state index in [1.54, 1.807) is 0 Å². The minimum Gasteiger partial charge on any atom is -0.381 e. The summed E-state index contributed by atoms with van der Waals surface area (Å²) in [6.07, 6.45) is 0.449. The molecule has 0 bridgehead atoms. The van der Waals surface area contributed by atoms with E-state index in [0.717, 1.165) is 0 Å². The molecule has 0 aliphatic carbocycles. The standard InChI is InChI=1S/C6H13NO2/c1-2-9-4-3-6(8)5-7/h2-5,7H2,1H3. The Morgan fingerprint density at radius 3 is 2.78 bits per heavy atom. The monoisotopic (exact) mass is 131 g/mol. The van der Waals surface area contributed by atoms with Crippen LogP contribution in [0.2, 0.25) is 0 Å². The van der Waals surface area contributed by atoms with Crippen molar-refractivity contribution in [3.63, 3.8) is 0 Å². The lowest BCUT2D eigenvalue weighted by molar-refractivity contribution is -0.118. The highest BCUT2D eigenvalue weighted by Gasteiger charge is 1.95. The Bertz CT molecular complexity index is 83.1. The van der Waals surface area contributed by atoms with Gasteiger partial charge in [0.1, 0.15) is 5.78 Å². The molecule has 0 amide bonds. The number of nitrogens with two attached hydrogens (primary N) is 1. The predicted octanol–water partition coefficient (Wildman–Crippen LogP) is -0.0592. The Hall–Kier alpha value is -0.410. The van der Waals surface area contributed by atoms with Crippen molar-refractivity contribution in [1.82, 2.24) is 0 Å². The van der Waals surface area contributed by atoms with Gasteiger partial charge in [0.2, 0.25) is 0 Å². The highest BCUT2D eigenvalue weighted by Crippen LogP contribution is 1.82. The van der Waals surface area contributed by atoms with Crippen LogP contribution in [0.25, 0.3) is 0 Å². The first-order chi connectivity index (χ1) is 4.31. The van der Waals surface area contributed by atoms with Gasteiger partial charge in [-0.05, 0) is 6.92 Å². The maximum Gasteiger partial charge on any atom is 0.148 e. The highest BCUT2D eigenvalue weighted by atomic mass is 16.5. The minimum atomic E-state index is 0.0588. The lowest BCUT2D eigenvalue weighted by Crippen LogP contribution is -2.15. The second-order valence-corrected chi connectivity index (χ2v) is 1.69. The summed E-state index contributed by atoms with van der Waals surface area (Å²) >= 11 is 0. The first-order valence-electron chi connectivity index (χ1n) is 3.10. The molecule has 0 radical (unpaired) electrons. The Morgan fingerprint density at radius 1 is 1.67 bits per heavy atom. The van der Waals surface area contributed by atoms with Crippen LogP contribution in [0, 0.1) is 0 Å². The Labute approximate surface area is 55.2 Å². The third-order valence-corrected chi connectivity index (χ3v) is 0.957. The topological polar surface area (TPSA) is 52.3 Å². The number of Topliss-reactive ketones (excluding diaryl/α,β-unsaturated/α-hetero) is 1. The molecule has 0 heterocycles. The molecule has 3 heteroatoms. The van der Waals surface area contributed by atoms with Crippen LogP contribution in [-0.4, -0.2) is 25.5 Å². The van der Waals surface area contributed by atoms with Crippen molar-refractivity contribution in [3.05, 3.63) is 0 Å². The van der Waals surface area contributed by atoms with Gasteiger partial charge in [-0.15, -0.1) is 0 Å². The largest absolute Gasteiger partial charge is 0.381 e. The summed E-state index contributed by atoms with van der Waals surface area (Å²) in [4.78, 5) is 10.5. The van der Waals surface area contributed by atoms with Crippen molar-refractivity contribution in [2.45, 2.75) is 13.3 Å². The number of carbonyl (C=O) groups excluding carboxylic acids is 1. The number of rotatable bonds is 5. The number of hydrogen-bond donors (Lipinski definition) is 1. The molecular weight excluding hydrogens is 118 g/mol. The summed E-state index contributed by atoms with van der Waals surface area (Å²) < 4.78 is 4.93. The van der Waals surface area contributed by atoms with E-state index >= 15 is 0 Å². The number of hydrogen-bond acceptors (Lipinski definition) is 3. The highest BCUT2D eigenvalue weighted by molar-refractivity contribution is 5.80. The van der Waals surface area contributed by atoms with E-state index in [9.17, 15) is 4.79 Å². The first-order valence-corrected chi connectivity index (χ1v) is 3.10. The van der Waals surface area contributed by atoms with Crippen LogP contribution in [0.1, 0.15) is 13.3 Å². The molecule has 0 aliphatic rings. The molecule has 0 rings (SSSR count). The summed E-state index contributed by atoms with van der Waals surface area (Å²) in [5, 5.41) is 0. The zero-order valence-corrected chi connectivity index (χ0v) is 5.72. The van der Waals surface area contributed by atoms with E-state index in [-0.39, 0.29) is 12.3 Å². The van der Waals surface area contributed by atoms with Crippen LogP contribution in [0.5, 0.6) is 0 Å². The van der Waals surface area contributed by atoms with E-state index < -0.39 is 0 Å². The molecule has 54 valence electrons. The summed E-state index contributed by atoms with van der Waals surface area (Å²) in [6.45, 7) is 3.20. The SMILES string of the molecule is CCOCCC(=O)CN. The first kappa shape index (κ1) is 8.59. The second-order valence-electron chi connectivity index (χ2n) is 1.69. The van der Waals surface area contributed by atoms with Gasteiger partial charge in [0, 0.05) is 13.0 Å². The summed E-state index contributed by atoms with van der Waals surface area (Å²) in [6, 6.07) is 0. The third-order valence-electron chi connectivity index (χ3n) is 0.957. The average molecular weight is 131 g/mol. The minimum absolute atomic E-state index is 0.0588. The van der Waals surface area contributed by atoms with E-state index in [2.05, 4.69) is 0 Å². The Balaban J connectivity index is 2.97. The van der Waals surface area contributed by atoms with E-state index in [0.29, 0.717) is 19.6 Å². The van der Waals surface area contributed by atoms with Gasteiger partial charge in [0.25, 0.3) is 0 Å². The van der Waals surface area contributed by atoms with Gasteiger partial charge in [0.05, 0.1) is 13.2 Å². The summed E-state index contributed by atoms with van der Waals surface area (Å²) in [5.74, 6) is 0.0588. The summed E-state index contributed by atoms with van der Waals surface area (Å²) in [5.41, 5.74) is 5.05. The molecular formula is C6H13NO2. The molecule has 0 saturated heterocycles. The molecule has 0 aromatic carbocycles. The fraction of sp³-hybridized carbons (Fsp3) is 0.833. The maximum absolute atomic E-state index is 10.5. The van der Waals surface area contributed by atoms with Crippen molar-refractivity contribution in [3.8, 4) is 0 Å². The van der Waals surface area contributed by atoms with Crippen LogP contribution >= 0.6 is 0 Å². The number of carbonyl (C=O) groups is 1. The molecule has 9 heavy (non-hydrogen) atoms. The maximum atomic E-state index is 10.5. The smallest absolute Gasteiger partial charge is 0.148 e. The molecule has 2 N–H and O–H groups in total. The van der Waals surface area contributed by atoms with Gasteiger partial charge in [-0.3, -0.25) is 4.79 Å². The Kier molecular flexibility index (Phi) is 5.46. The Morgan fingerprint density at radius 2 is 2.33 bits per heavy atom. The molecule has 0 aromatic heterocycles. The molecule has 0 unspecified atom stereocenters. The molecule has 0 atom stereocenters. The second kappa shape index (κ2) is 5.72. The fourth-order valence-corrected chi connectivity index (χ4v) is 0.432. The third kappa shape index (κ3) is 5.46. The molecule has 0 aromatic rings. The van der Waals surface area contributed by atoms with E-state index in [4.69, 9.17) is 10.5 Å². The lowest BCUT2D eigenvalue weighted by Gasteiger charge is -1.96. The van der Waals surface area contributed by atoms with Crippen molar-refractivity contribution in [1.29, 1.82) is 0 Å². The fourth-order valence-electron chi connectivity index (χ4n) is 0.432. The van der Waals surface area contributed by atoms with Crippen LogP contribution in [0.3, 0.4) is 0 Å². The van der Waals surface area contributed by atoms with Crippen LogP contribution in [0.15, 0.2) is 0 Å². The molecule has 0 fully saturated rings. The zero-order chi connectivity index (χ0) is 7.11. The normalized spacial score (nSPS) is 9.56. The predicted molar refractivity (Wildman–Crippen MR) is 35.2 cm³/mol. The van der Waals surface area contributed by atoms with Crippen molar-refractivity contribution in [2.24, 2.45) is 5.73 Å². The zero-order valence-electron chi connectivity index (χ0n) is 5.72. The van der Waals surface area contributed by atoms with E-state index in [1.807, 2.05) is 6.92 Å². The number of ether oxygens (including phenoxy) is 1. The quantitative estimate of drug-likeness (QED) is 0.532. The van der Waals surface area contributed by atoms with Gasteiger partial charge in [-0.2, -0.15) is 0 Å². The average Bonchev–Trinajstić information content (AvgIpc) is 1.89. The van der Waals surface area contributed by atoms with Crippen LogP contribution in [0.4, 0.5) is 0 Å². The molecule has 0 saturated carbocycles. The van der Waals surface area contributed by atoms with Crippen molar-refractivity contribution < 1.29 is 9.53 Å². The molecule has 0 aliphatic heterocycles. The van der Waals surface area contributed by atoms with Gasteiger partial charge in [-0.1, -0.05) is 0 Å². The van der Waals surface area contributed by atoms with Crippen LogP contribution in [-0.2, 0) is 9.53 Å².